The van der Waals surface area contributed by atoms with Gasteiger partial charge >= 0.3 is 6.18 Å². The fraction of sp³-hybridized carbons (Fsp3) is 0.500. The number of anilines is 1. The molecule has 0 atom stereocenters. The number of pyridine rings is 1. The molecular weight excluding hydrogens is 205 g/mol. The number of nitrogens with zero attached hydrogens (tertiary/aromatic N) is 2. The van der Waals surface area contributed by atoms with E-state index in [0.29, 0.717) is 18.7 Å². The second-order valence-electron chi connectivity index (χ2n) is 3.72. The van der Waals surface area contributed by atoms with Crippen LogP contribution < -0.4 is 4.90 Å². The van der Waals surface area contributed by atoms with E-state index < -0.39 is 11.7 Å². The third-order valence-electron chi connectivity index (χ3n) is 2.46. The van der Waals surface area contributed by atoms with Crippen molar-refractivity contribution in [3.8, 4) is 0 Å². The van der Waals surface area contributed by atoms with E-state index in [9.17, 15) is 13.2 Å². The smallest absolute Gasteiger partial charge is 0.356 e. The van der Waals surface area contributed by atoms with Crippen molar-refractivity contribution in [2.24, 2.45) is 0 Å². The molecule has 1 fully saturated rings. The second-order valence-corrected chi connectivity index (χ2v) is 3.72. The van der Waals surface area contributed by atoms with Crippen LogP contribution in [-0.4, -0.2) is 18.1 Å². The van der Waals surface area contributed by atoms with Crippen LogP contribution in [0.15, 0.2) is 12.3 Å². The summed E-state index contributed by atoms with van der Waals surface area (Å²) in [4.78, 5) is 5.53. The number of hydrogen-bond acceptors (Lipinski definition) is 2. The van der Waals surface area contributed by atoms with Crippen molar-refractivity contribution >= 4 is 5.82 Å². The van der Waals surface area contributed by atoms with E-state index in [1.165, 1.54) is 6.20 Å². The van der Waals surface area contributed by atoms with E-state index in [2.05, 4.69) is 4.98 Å². The Morgan fingerprint density at radius 2 is 2.00 bits per heavy atom. The highest BCUT2D eigenvalue weighted by Gasteiger charge is 2.36. The van der Waals surface area contributed by atoms with E-state index in [1.807, 2.05) is 0 Å². The summed E-state index contributed by atoms with van der Waals surface area (Å²) in [6.45, 7) is 2.94. The number of aryl methyl sites for hydroxylation is 1. The van der Waals surface area contributed by atoms with Gasteiger partial charge in [0.2, 0.25) is 0 Å². The standard InChI is InChI=1S/C10H11F3N2/c1-7-5-8(10(11,12)13)9(14-6-7)15-3-2-4-15/h5-6H,2-4H2,1H3. The van der Waals surface area contributed by atoms with E-state index in [4.69, 9.17) is 0 Å². The zero-order valence-electron chi connectivity index (χ0n) is 8.30. The molecule has 0 aliphatic carbocycles. The van der Waals surface area contributed by atoms with Crippen LogP contribution in [0.3, 0.4) is 0 Å². The van der Waals surface area contributed by atoms with Gasteiger partial charge in [0.25, 0.3) is 0 Å². The Morgan fingerprint density at radius 1 is 1.33 bits per heavy atom. The van der Waals surface area contributed by atoms with Crippen molar-refractivity contribution in [3.63, 3.8) is 0 Å². The Hall–Kier alpha value is -1.26. The molecule has 1 saturated heterocycles. The Bertz CT molecular complexity index is 369. The maximum Gasteiger partial charge on any atom is 0.419 e. The number of alkyl halides is 3. The second kappa shape index (κ2) is 3.40. The van der Waals surface area contributed by atoms with Gasteiger partial charge in [-0.05, 0) is 25.0 Å². The summed E-state index contributed by atoms with van der Waals surface area (Å²) in [6, 6.07) is 1.15. The molecule has 1 aliphatic heterocycles. The van der Waals surface area contributed by atoms with Gasteiger partial charge in [-0.1, -0.05) is 0 Å². The monoisotopic (exact) mass is 216 g/mol. The SMILES string of the molecule is Cc1cnc(N2CCC2)c(C(F)(F)F)c1. The maximum atomic E-state index is 12.7. The van der Waals surface area contributed by atoms with Crippen LogP contribution in [-0.2, 0) is 6.18 Å². The summed E-state index contributed by atoms with van der Waals surface area (Å²) in [7, 11) is 0. The maximum absolute atomic E-state index is 12.7. The van der Waals surface area contributed by atoms with Crippen molar-refractivity contribution in [1.82, 2.24) is 4.98 Å². The normalized spacial score (nSPS) is 16.4. The summed E-state index contributed by atoms with van der Waals surface area (Å²) in [5, 5.41) is 0. The lowest BCUT2D eigenvalue weighted by molar-refractivity contribution is -0.137. The predicted molar refractivity (Wildman–Crippen MR) is 50.8 cm³/mol. The summed E-state index contributed by atoms with van der Waals surface area (Å²) >= 11 is 0. The summed E-state index contributed by atoms with van der Waals surface area (Å²) in [5.41, 5.74) is -0.0891. The molecule has 0 amide bonds. The molecule has 0 N–H and O–H groups in total. The first-order valence-corrected chi connectivity index (χ1v) is 4.77. The van der Waals surface area contributed by atoms with Gasteiger partial charge in [-0.15, -0.1) is 0 Å². The van der Waals surface area contributed by atoms with Crippen LogP contribution in [0.25, 0.3) is 0 Å². The van der Waals surface area contributed by atoms with Gasteiger partial charge in [-0.25, -0.2) is 4.98 Å². The topological polar surface area (TPSA) is 16.1 Å². The Kier molecular flexibility index (Phi) is 2.32. The molecule has 0 radical (unpaired) electrons. The zero-order chi connectivity index (χ0) is 11.1. The molecule has 1 aliphatic rings. The molecule has 0 aromatic carbocycles. The molecular formula is C10H11F3N2. The van der Waals surface area contributed by atoms with Crippen molar-refractivity contribution in [3.05, 3.63) is 23.4 Å². The van der Waals surface area contributed by atoms with Crippen molar-refractivity contribution in [1.29, 1.82) is 0 Å². The third-order valence-corrected chi connectivity index (χ3v) is 2.46. The summed E-state index contributed by atoms with van der Waals surface area (Å²) in [6.07, 6.45) is -1.90. The molecule has 0 bridgehead atoms. The predicted octanol–water partition coefficient (Wildman–Crippen LogP) is 2.62. The zero-order valence-corrected chi connectivity index (χ0v) is 8.30. The van der Waals surface area contributed by atoms with Gasteiger partial charge in [0.15, 0.2) is 0 Å². The highest BCUT2D eigenvalue weighted by Crippen LogP contribution is 2.36. The molecule has 0 unspecified atom stereocenters. The summed E-state index contributed by atoms with van der Waals surface area (Å²) < 4.78 is 38.0. The minimum Gasteiger partial charge on any atom is -0.356 e. The van der Waals surface area contributed by atoms with Gasteiger partial charge in [0.05, 0.1) is 5.56 Å². The number of halogens is 3. The van der Waals surface area contributed by atoms with Crippen molar-refractivity contribution in [2.75, 3.05) is 18.0 Å². The van der Waals surface area contributed by atoms with Gasteiger partial charge in [-0.2, -0.15) is 13.2 Å². The minimum atomic E-state index is -4.32. The first-order chi connectivity index (χ1) is 6.98. The van der Waals surface area contributed by atoms with Crippen molar-refractivity contribution < 1.29 is 13.2 Å². The summed E-state index contributed by atoms with van der Waals surface area (Å²) in [5.74, 6) is 0.0688. The third kappa shape index (κ3) is 1.91. The van der Waals surface area contributed by atoms with E-state index in [1.54, 1.807) is 11.8 Å². The van der Waals surface area contributed by atoms with Gasteiger partial charge < -0.3 is 4.90 Å². The van der Waals surface area contributed by atoms with Gasteiger partial charge in [0, 0.05) is 19.3 Å². The fourth-order valence-electron chi connectivity index (χ4n) is 1.55. The molecule has 2 nitrogen and oxygen atoms in total. The van der Waals surface area contributed by atoms with Crippen LogP contribution in [0.5, 0.6) is 0 Å². The van der Waals surface area contributed by atoms with E-state index in [0.717, 1.165) is 12.5 Å². The molecule has 5 heteroatoms. The highest BCUT2D eigenvalue weighted by atomic mass is 19.4. The number of hydrogen-bond donors (Lipinski definition) is 0. The van der Waals surface area contributed by atoms with E-state index in [-0.39, 0.29) is 5.82 Å². The van der Waals surface area contributed by atoms with Gasteiger partial charge in [-0.3, -0.25) is 0 Å². The van der Waals surface area contributed by atoms with Crippen LogP contribution >= 0.6 is 0 Å². The molecule has 2 rings (SSSR count). The van der Waals surface area contributed by atoms with Crippen LogP contribution in [0, 0.1) is 6.92 Å². The largest absolute Gasteiger partial charge is 0.419 e. The Balaban J connectivity index is 2.44. The average Bonchev–Trinajstić information content (AvgIpc) is 2.03. The Morgan fingerprint density at radius 3 is 2.47 bits per heavy atom. The first-order valence-electron chi connectivity index (χ1n) is 4.77. The molecule has 0 spiro atoms. The lowest BCUT2D eigenvalue weighted by Crippen LogP contribution is -2.39. The molecule has 0 saturated carbocycles. The van der Waals surface area contributed by atoms with Crippen molar-refractivity contribution in [2.45, 2.75) is 19.5 Å². The Labute approximate surface area is 85.7 Å². The van der Waals surface area contributed by atoms with Crippen LogP contribution in [0.1, 0.15) is 17.5 Å². The molecule has 15 heavy (non-hydrogen) atoms. The van der Waals surface area contributed by atoms with Crippen LogP contribution in [0.4, 0.5) is 19.0 Å². The molecule has 1 aromatic rings. The molecule has 82 valence electrons. The van der Waals surface area contributed by atoms with Gasteiger partial charge in [0.1, 0.15) is 5.82 Å². The molecule has 2 heterocycles. The highest BCUT2D eigenvalue weighted by molar-refractivity contribution is 5.51. The number of aromatic nitrogens is 1. The van der Waals surface area contributed by atoms with Crippen LogP contribution in [0.2, 0.25) is 0 Å². The fourth-order valence-corrected chi connectivity index (χ4v) is 1.55. The molecule has 1 aromatic heterocycles. The minimum absolute atomic E-state index is 0.0688. The quantitative estimate of drug-likeness (QED) is 0.717. The number of rotatable bonds is 1. The lowest BCUT2D eigenvalue weighted by atomic mass is 10.1. The van der Waals surface area contributed by atoms with E-state index >= 15 is 0 Å². The average molecular weight is 216 g/mol. The lowest BCUT2D eigenvalue weighted by Gasteiger charge is -2.33. The first kappa shape index (κ1) is 10.3.